The molecule has 0 aromatic heterocycles. The van der Waals surface area contributed by atoms with Crippen molar-refractivity contribution < 1.29 is 4.79 Å². The van der Waals surface area contributed by atoms with E-state index in [1.54, 1.807) is 18.2 Å². The molecule has 3 nitrogen and oxygen atoms in total. The molecule has 4 heteroatoms. The number of nitrogens with two attached hydrogens (primary N) is 1. The molecule has 1 aromatic rings. The molecule has 1 amide bonds. The Labute approximate surface area is 87.6 Å². The third kappa shape index (κ3) is 2.78. The fraction of sp³-hybridized carbons (Fsp3) is 0.100. The highest BCUT2D eigenvalue weighted by molar-refractivity contribution is 6.29. The minimum absolute atomic E-state index is 0.409. The van der Waals surface area contributed by atoms with E-state index < -0.39 is 5.91 Å². The number of rotatable bonds is 4. The number of para-hydroxylation sites is 1. The van der Waals surface area contributed by atoms with Crippen molar-refractivity contribution in [2.75, 3.05) is 11.9 Å². The lowest BCUT2D eigenvalue weighted by Gasteiger charge is -2.08. The molecule has 0 atom stereocenters. The van der Waals surface area contributed by atoms with Crippen molar-refractivity contribution in [1.29, 1.82) is 0 Å². The van der Waals surface area contributed by atoms with Crippen LogP contribution in [0.25, 0.3) is 0 Å². The molecule has 1 rings (SSSR count). The predicted molar refractivity (Wildman–Crippen MR) is 58.4 cm³/mol. The summed E-state index contributed by atoms with van der Waals surface area (Å²) in [4.78, 5) is 11.0. The number of primary amides is 1. The number of amides is 1. The monoisotopic (exact) mass is 210 g/mol. The van der Waals surface area contributed by atoms with Crippen LogP contribution in [-0.4, -0.2) is 12.5 Å². The second kappa shape index (κ2) is 4.67. The zero-order valence-electron chi connectivity index (χ0n) is 7.59. The summed E-state index contributed by atoms with van der Waals surface area (Å²) >= 11 is 5.59. The van der Waals surface area contributed by atoms with Gasteiger partial charge in [-0.3, -0.25) is 4.79 Å². The van der Waals surface area contributed by atoms with Crippen molar-refractivity contribution in [2.24, 2.45) is 5.73 Å². The molecule has 0 spiro atoms. The molecule has 0 saturated carbocycles. The van der Waals surface area contributed by atoms with Crippen LogP contribution in [-0.2, 0) is 0 Å². The summed E-state index contributed by atoms with van der Waals surface area (Å²) in [7, 11) is 0. The summed E-state index contributed by atoms with van der Waals surface area (Å²) in [6.45, 7) is 3.94. The fourth-order valence-corrected chi connectivity index (χ4v) is 1.11. The van der Waals surface area contributed by atoms with Crippen LogP contribution in [0.3, 0.4) is 0 Å². The summed E-state index contributed by atoms with van der Waals surface area (Å²) in [5, 5.41) is 3.44. The third-order valence-electron chi connectivity index (χ3n) is 1.66. The molecular weight excluding hydrogens is 200 g/mol. The average Bonchev–Trinajstić information content (AvgIpc) is 2.15. The van der Waals surface area contributed by atoms with E-state index in [0.717, 1.165) is 0 Å². The normalized spacial score (nSPS) is 9.50. The minimum Gasteiger partial charge on any atom is -0.379 e. The van der Waals surface area contributed by atoms with Crippen molar-refractivity contribution in [2.45, 2.75) is 0 Å². The van der Waals surface area contributed by atoms with Crippen molar-refractivity contribution in [3.63, 3.8) is 0 Å². The van der Waals surface area contributed by atoms with Gasteiger partial charge in [0.05, 0.1) is 12.1 Å². The molecule has 0 saturated heterocycles. The van der Waals surface area contributed by atoms with E-state index in [0.29, 0.717) is 22.8 Å². The molecule has 74 valence electrons. The van der Waals surface area contributed by atoms with Crippen LogP contribution in [0.5, 0.6) is 0 Å². The minimum atomic E-state index is -0.465. The molecular formula is C10H11ClN2O. The summed E-state index contributed by atoms with van der Waals surface area (Å²) in [5.41, 5.74) is 6.30. The van der Waals surface area contributed by atoms with E-state index in [1.807, 2.05) is 6.07 Å². The first-order valence-corrected chi connectivity index (χ1v) is 4.45. The Morgan fingerprint density at radius 3 is 2.71 bits per heavy atom. The van der Waals surface area contributed by atoms with Gasteiger partial charge in [-0.15, -0.1) is 0 Å². The number of hydrogen-bond donors (Lipinski definition) is 2. The smallest absolute Gasteiger partial charge is 0.250 e. The molecule has 0 aliphatic heterocycles. The summed E-state index contributed by atoms with van der Waals surface area (Å²) in [6, 6.07) is 6.98. The lowest BCUT2D eigenvalue weighted by molar-refractivity contribution is 0.100. The van der Waals surface area contributed by atoms with Crippen molar-refractivity contribution in [3.05, 3.63) is 41.4 Å². The van der Waals surface area contributed by atoms with Crippen LogP contribution in [0.1, 0.15) is 10.4 Å². The van der Waals surface area contributed by atoms with E-state index in [1.165, 1.54) is 0 Å². The Balaban J connectivity index is 2.84. The van der Waals surface area contributed by atoms with Gasteiger partial charge in [-0.05, 0) is 12.1 Å². The Morgan fingerprint density at radius 2 is 2.14 bits per heavy atom. The second-order valence-electron chi connectivity index (χ2n) is 2.78. The maximum atomic E-state index is 11.0. The van der Waals surface area contributed by atoms with Gasteiger partial charge in [-0.25, -0.2) is 0 Å². The Kier molecular flexibility index (Phi) is 3.54. The number of anilines is 1. The van der Waals surface area contributed by atoms with Gasteiger partial charge in [-0.2, -0.15) is 0 Å². The lowest BCUT2D eigenvalue weighted by Crippen LogP contribution is -2.14. The highest BCUT2D eigenvalue weighted by Crippen LogP contribution is 2.14. The summed E-state index contributed by atoms with van der Waals surface area (Å²) in [5.74, 6) is -0.465. The largest absolute Gasteiger partial charge is 0.379 e. The molecule has 3 N–H and O–H groups in total. The maximum Gasteiger partial charge on any atom is 0.250 e. The second-order valence-corrected chi connectivity index (χ2v) is 3.32. The zero-order valence-corrected chi connectivity index (χ0v) is 8.34. The van der Waals surface area contributed by atoms with E-state index in [2.05, 4.69) is 11.9 Å². The topological polar surface area (TPSA) is 55.1 Å². The zero-order chi connectivity index (χ0) is 10.6. The van der Waals surface area contributed by atoms with Gasteiger partial charge < -0.3 is 11.1 Å². The van der Waals surface area contributed by atoms with Gasteiger partial charge in [0.2, 0.25) is 0 Å². The van der Waals surface area contributed by atoms with Gasteiger partial charge in [0, 0.05) is 10.7 Å². The van der Waals surface area contributed by atoms with E-state index in [4.69, 9.17) is 17.3 Å². The lowest BCUT2D eigenvalue weighted by atomic mass is 10.1. The molecule has 0 fully saturated rings. The highest BCUT2D eigenvalue weighted by atomic mass is 35.5. The first-order chi connectivity index (χ1) is 6.61. The predicted octanol–water partition coefficient (Wildman–Crippen LogP) is 1.95. The Bertz CT molecular complexity index is 363. The molecule has 0 unspecified atom stereocenters. The van der Waals surface area contributed by atoms with E-state index in [9.17, 15) is 4.79 Å². The SMILES string of the molecule is C=C(Cl)CNc1ccccc1C(N)=O. The van der Waals surface area contributed by atoms with Crippen LogP contribution >= 0.6 is 11.6 Å². The molecule has 1 aromatic carbocycles. The van der Waals surface area contributed by atoms with Crippen LogP contribution < -0.4 is 11.1 Å². The number of hydrogen-bond acceptors (Lipinski definition) is 2. The van der Waals surface area contributed by atoms with Crippen molar-refractivity contribution in [3.8, 4) is 0 Å². The Morgan fingerprint density at radius 1 is 1.50 bits per heavy atom. The third-order valence-corrected chi connectivity index (χ3v) is 1.80. The number of benzene rings is 1. The van der Waals surface area contributed by atoms with Crippen LogP contribution in [0.15, 0.2) is 35.9 Å². The summed E-state index contributed by atoms with van der Waals surface area (Å²) in [6.07, 6.45) is 0. The van der Waals surface area contributed by atoms with Gasteiger partial charge in [0.15, 0.2) is 0 Å². The van der Waals surface area contributed by atoms with Gasteiger partial charge in [0.25, 0.3) is 5.91 Å². The van der Waals surface area contributed by atoms with E-state index in [-0.39, 0.29) is 0 Å². The number of nitrogens with one attached hydrogen (secondary N) is 1. The molecule has 0 aliphatic rings. The number of carbonyl (C=O) groups is 1. The van der Waals surface area contributed by atoms with Gasteiger partial charge in [-0.1, -0.05) is 30.3 Å². The fourth-order valence-electron chi connectivity index (χ4n) is 1.04. The molecule has 0 aliphatic carbocycles. The van der Waals surface area contributed by atoms with Crippen molar-refractivity contribution >= 4 is 23.2 Å². The molecule has 14 heavy (non-hydrogen) atoms. The molecule has 0 heterocycles. The van der Waals surface area contributed by atoms with Crippen LogP contribution in [0, 0.1) is 0 Å². The quantitative estimate of drug-likeness (QED) is 0.798. The number of halogens is 1. The van der Waals surface area contributed by atoms with Crippen LogP contribution in [0.4, 0.5) is 5.69 Å². The number of carbonyl (C=O) groups excluding carboxylic acids is 1. The Hall–Kier alpha value is -1.48. The standard InChI is InChI=1S/C10H11ClN2O/c1-7(11)6-13-9-5-3-2-4-8(9)10(12)14/h2-5,13H,1,6H2,(H2,12,14). The van der Waals surface area contributed by atoms with Gasteiger partial charge >= 0.3 is 0 Å². The average molecular weight is 211 g/mol. The van der Waals surface area contributed by atoms with Gasteiger partial charge in [0.1, 0.15) is 0 Å². The highest BCUT2D eigenvalue weighted by Gasteiger charge is 2.05. The van der Waals surface area contributed by atoms with E-state index >= 15 is 0 Å². The van der Waals surface area contributed by atoms with Crippen LogP contribution in [0.2, 0.25) is 0 Å². The van der Waals surface area contributed by atoms with Crippen molar-refractivity contribution in [1.82, 2.24) is 0 Å². The molecule has 0 bridgehead atoms. The molecule has 0 radical (unpaired) electrons. The first kappa shape index (κ1) is 10.6. The summed E-state index contributed by atoms with van der Waals surface area (Å²) < 4.78 is 0. The first-order valence-electron chi connectivity index (χ1n) is 4.07. The maximum absolute atomic E-state index is 11.0.